The number of hydrogen-bond donors (Lipinski definition) is 2. The third kappa shape index (κ3) is 3.23. The van der Waals surface area contributed by atoms with Crippen LogP contribution in [0.25, 0.3) is 10.9 Å². The quantitative estimate of drug-likeness (QED) is 0.747. The van der Waals surface area contributed by atoms with E-state index in [1.807, 2.05) is 36.4 Å². The van der Waals surface area contributed by atoms with Crippen LogP contribution in [0.3, 0.4) is 0 Å². The van der Waals surface area contributed by atoms with E-state index in [4.69, 9.17) is 0 Å². The first-order chi connectivity index (χ1) is 11.3. The summed E-state index contributed by atoms with van der Waals surface area (Å²) in [6.07, 6.45) is 0. The number of aromatic amines is 1. The fraction of sp³-hybridized carbons (Fsp3) is 0.200. The zero-order chi connectivity index (χ0) is 17.3. The van der Waals surface area contributed by atoms with Gasteiger partial charge in [-0.25, -0.2) is 0 Å². The average Bonchev–Trinajstić information content (AvgIpc) is 2.55. The Balaban J connectivity index is 1.87. The highest BCUT2D eigenvalue weighted by atomic mass is 16.2. The Bertz CT molecular complexity index is 948. The van der Waals surface area contributed by atoms with Crippen molar-refractivity contribution >= 4 is 22.5 Å². The first kappa shape index (κ1) is 16.0. The third-order valence-electron chi connectivity index (χ3n) is 4.01. The molecule has 122 valence electrons. The molecule has 0 atom stereocenters. The summed E-state index contributed by atoms with van der Waals surface area (Å²) >= 11 is 0. The molecule has 1 aromatic heterocycles. The molecule has 4 heteroatoms. The zero-order valence-corrected chi connectivity index (χ0v) is 14.0. The van der Waals surface area contributed by atoms with Crippen LogP contribution in [0.1, 0.15) is 36.7 Å². The Kier molecular flexibility index (Phi) is 3.97. The number of H-pyrrole nitrogens is 1. The van der Waals surface area contributed by atoms with Crippen LogP contribution >= 0.6 is 0 Å². The molecule has 0 bridgehead atoms. The molecule has 24 heavy (non-hydrogen) atoms. The van der Waals surface area contributed by atoms with E-state index < -0.39 is 0 Å². The largest absolute Gasteiger partial charge is 0.320 e. The van der Waals surface area contributed by atoms with E-state index in [0.29, 0.717) is 5.56 Å². The molecule has 1 heterocycles. The number of carbonyl (C=O) groups excluding carboxylic acids is 1. The lowest BCUT2D eigenvalue weighted by atomic mass is 9.87. The normalized spacial score (nSPS) is 11.5. The summed E-state index contributed by atoms with van der Waals surface area (Å²) in [5.74, 6) is -0.295. The highest BCUT2D eigenvalue weighted by Gasteiger charge is 2.15. The summed E-state index contributed by atoms with van der Waals surface area (Å²) in [6, 6.07) is 16.6. The number of aromatic nitrogens is 1. The van der Waals surface area contributed by atoms with Crippen molar-refractivity contribution in [3.8, 4) is 0 Å². The zero-order valence-electron chi connectivity index (χ0n) is 14.0. The second kappa shape index (κ2) is 5.96. The molecular weight excluding hydrogens is 300 g/mol. The molecular formula is C20H20N2O2. The minimum absolute atomic E-state index is 0.0322. The number of benzene rings is 2. The molecule has 3 aromatic rings. The molecule has 0 spiro atoms. The molecule has 2 aromatic carbocycles. The Labute approximate surface area is 140 Å². The molecule has 2 N–H and O–H groups in total. The average molecular weight is 320 g/mol. The van der Waals surface area contributed by atoms with Gasteiger partial charge in [0.05, 0.1) is 0 Å². The number of hydrogen-bond acceptors (Lipinski definition) is 2. The van der Waals surface area contributed by atoms with Crippen molar-refractivity contribution in [1.29, 1.82) is 0 Å². The van der Waals surface area contributed by atoms with Crippen LogP contribution in [0.15, 0.2) is 59.4 Å². The van der Waals surface area contributed by atoms with E-state index in [0.717, 1.165) is 16.5 Å². The highest BCUT2D eigenvalue weighted by Crippen LogP contribution is 2.22. The first-order valence-corrected chi connectivity index (χ1v) is 7.88. The van der Waals surface area contributed by atoms with E-state index in [-0.39, 0.29) is 22.6 Å². The summed E-state index contributed by atoms with van der Waals surface area (Å²) in [5, 5.41) is 3.56. The molecule has 0 fully saturated rings. The van der Waals surface area contributed by atoms with Crippen molar-refractivity contribution in [2.45, 2.75) is 26.2 Å². The van der Waals surface area contributed by atoms with Crippen molar-refractivity contribution in [3.63, 3.8) is 0 Å². The molecule has 1 amide bonds. The molecule has 0 saturated heterocycles. The minimum Gasteiger partial charge on any atom is -0.320 e. The maximum atomic E-state index is 12.4. The number of anilines is 1. The fourth-order valence-corrected chi connectivity index (χ4v) is 2.56. The highest BCUT2D eigenvalue weighted by molar-refractivity contribution is 6.04. The van der Waals surface area contributed by atoms with Gasteiger partial charge in [0.25, 0.3) is 11.5 Å². The fourth-order valence-electron chi connectivity index (χ4n) is 2.56. The Morgan fingerprint density at radius 1 is 1.00 bits per heavy atom. The van der Waals surface area contributed by atoms with E-state index in [1.54, 1.807) is 18.2 Å². The molecule has 4 nitrogen and oxygen atoms in total. The van der Waals surface area contributed by atoms with Crippen molar-refractivity contribution in [3.05, 3.63) is 76.1 Å². The second-order valence-electron chi connectivity index (χ2n) is 6.88. The third-order valence-corrected chi connectivity index (χ3v) is 4.01. The smallest absolute Gasteiger partial charge is 0.272 e. The van der Waals surface area contributed by atoms with Crippen molar-refractivity contribution in [2.75, 3.05) is 5.32 Å². The standard InChI is InChI=1S/C20H20N2O2/c1-20(2,3)15-10-8-13(9-11-15)18(23)22-17-12-14-6-4-5-7-16(14)21-19(17)24/h4-12H,1-3H3,(H,21,24)(H,22,23). The molecule has 3 rings (SSSR count). The van der Waals surface area contributed by atoms with Gasteiger partial charge in [-0.05, 0) is 35.2 Å². The van der Waals surface area contributed by atoms with E-state index in [9.17, 15) is 9.59 Å². The molecule has 0 saturated carbocycles. The molecule has 0 aliphatic rings. The maximum absolute atomic E-state index is 12.4. The monoisotopic (exact) mass is 320 g/mol. The molecule has 0 aliphatic heterocycles. The lowest BCUT2D eigenvalue weighted by Gasteiger charge is -2.19. The van der Waals surface area contributed by atoms with Gasteiger partial charge in [-0.2, -0.15) is 0 Å². The van der Waals surface area contributed by atoms with Crippen LogP contribution in [0.4, 0.5) is 5.69 Å². The van der Waals surface area contributed by atoms with Crippen molar-refractivity contribution in [1.82, 2.24) is 4.98 Å². The Hall–Kier alpha value is -2.88. The van der Waals surface area contributed by atoms with Gasteiger partial charge in [-0.1, -0.05) is 51.1 Å². The SMILES string of the molecule is CC(C)(C)c1ccc(C(=O)Nc2cc3ccccc3[nH]c2=O)cc1. The molecule has 0 unspecified atom stereocenters. The number of fused-ring (bicyclic) bond motifs is 1. The van der Waals surface area contributed by atoms with Gasteiger partial charge in [0.2, 0.25) is 0 Å². The maximum Gasteiger partial charge on any atom is 0.272 e. The van der Waals surface area contributed by atoms with Crippen LogP contribution in [-0.2, 0) is 5.41 Å². The van der Waals surface area contributed by atoms with Gasteiger partial charge in [-0.3, -0.25) is 9.59 Å². The van der Waals surface area contributed by atoms with Crippen LogP contribution in [0.5, 0.6) is 0 Å². The van der Waals surface area contributed by atoms with Gasteiger partial charge in [0.1, 0.15) is 5.69 Å². The Morgan fingerprint density at radius 2 is 1.67 bits per heavy atom. The number of pyridine rings is 1. The number of rotatable bonds is 2. The molecule has 0 aliphatic carbocycles. The summed E-state index contributed by atoms with van der Waals surface area (Å²) in [6.45, 7) is 6.37. The number of para-hydroxylation sites is 1. The van der Waals surface area contributed by atoms with Crippen LogP contribution < -0.4 is 10.9 Å². The Morgan fingerprint density at radius 3 is 2.33 bits per heavy atom. The van der Waals surface area contributed by atoms with Crippen LogP contribution in [0, 0.1) is 0 Å². The molecule has 0 radical (unpaired) electrons. The number of nitrogens with one attached hydrogen (secondary N) is 2. The van der Waals surface area contributed by atoms with Gasteiger partial charge in [0.15, 0.2) is 0 Å². The van der Waals surface area contributed by atoms with E-state index in [2.05, 4.69) is 31.1 Å². The van der Waals surface area contributed by atoms with Crippen LogP contribution in [-0.4, -0.2) is 10.9 Å². The first-order valence-electron chi connectivity index (χ1n) is 7.88. The summed E-state index contributed by atoms with van der Waals surface area (Å²) in [7, 11) is 0. The van der Waals surface area contributed by atoms with E-state index >= 15 is 0 Å². The van der Waals surface area contributed by atoms with Gasteiger partial charge in [-0.15, -0.1) is 0 Å². The minimum atomic E-state index is -0.312. The predicted octanol–water partition coefficient (Wildman–Crippen LogP) is 4.08. The summed E-state index contributed by atoms with van der Waals surface area (Å²) < 4.78 is 0. The number of carbonyl (C=O) groups is 1. The second-order valence-corrected chi connectivity index (χ2v) is 6.88. The van der Waals surface area contributed by atoms with Gasteiger partial charge >= 0.3 is 0 Å². The predicted molar refractivity (Wildman–Crippen MR) is 97.7 cm³/mol. The van der Waals surface area contributed by atoms with E-state index in [1.165, 1.54) is 0 Å². The topological polar surface area (TPSA) is 62.0 Å². The van der Waals surface area contributed by atoms with Crippen molar-refractivity contribution < 1.29 is 4.79 Å². The lowest BCUT2D eigenvalue weighted by molar-refractivity contribution is 0.102. The lowest BCUT2D eigenvalue weighted by Crippen LogP contribution is -2.20. The van der Waals surface area contributed by atoms with Crippen molar-refractivity contribution in [2.24, 2.45) is 0 Å². The summed E-state index contributed by atoms with van der Waals surface area (Å²) in [5.41, 5.74) is 2.39. The van der Waals surface area contributed by atoms with Crippen LogP contribution in [0.2, 0.25) is 0 Å². The van der Waals surface area contributed by atoms with Gasteiger partial charge < -0.3 is 10.3 Å². The van der Waals surface area contributed by atoms with Gasteiger partial charge in [0, 0.05) is 16.5 Å². The summed E-state index contributed by atoms with van der Waals surface area (Å²) in [4.78, 5) is 27.3. The number of amides is 1.